The molecule has 2 aromatic carbocycles. The van der Waals surface area contributed by atoms with E-state index in [2.05, 4.69) is 19.8 Å². The molecule has 252 valence electrons. The highest BCUT2D eigenvalue weighted by Crippen LogP contribution is 2.69. The second-order valence-electron chi connectivity index (χ2n) is 14.7. The van der Waals surface area contributed by atoms with Crippen LogP contribution in [-0.4, -0.2) is 81.4 Å². The number of pyridine rings is 1. The average Bonchev–Trinajstić information content (AvgIpc) is 3.27. The Hall–Kier alpha value is -3.77. The minimum Gasteiger partial charge on any atom is -0.508 e. The van der Waals surface area contributed by atoms with Crippen molar-refractivity contribution < 1.29 is 32.1 Å². The van der Waals surface area contributed by atoms with Crippen molar-refractivity contribution in [2.75, 3.05) is 44.3 Å². The number of halogens is 4. The highest BCUT2D eigenvalue weighted by Gasteiger charge is 2.77. The third-order valence-corrected chi connectivity index (χ3v) is 11.8. The van der Waals surface area contributed by atoms with Crippen molar-refractivity contribution in [1.29, 1.82) is 0 Å². The molecule has 48 heavy (non-hydrogen) atoms. The number of phenolic OH excluding ortho intramolecular Hbond substituents is 1. The van der Waals surface area contributed by atoms with E-state index < -0.39 is 28.5 Å². The molecule has 3 atom stereocenters. The average molecular weight is 664 g/mol. The Morgan fingerprint density at radius 3 is 2.58 bits per heavy atom. The zero-order chi connectivity index (χ0) is 33.1. The van der Waals surface area contributed by atoms with E-state index in [0.29, 0.717) is 66.6 Å². The number of aromatic hydroxyl groups is 1. The summed E-state index contributed by atoms with van der Waals surface area (Å²) in [4.78, 5) is 18.2. The molecule has 6 heterocycles. The Morgan fingerprint density at radius 1 is 1.02 bits per heavy atom. The first-order chi connectivity index (χ1) is 23.0. The molecule has 0 amide bonds. The number of aryl methyl sites for hydroxylation is 1. The third-order valence-electron chi connectivity index (χ3n) is 11.8. The van der Waals surface area contributed by atoms with Gasteiger partial charge < -0.3 is 19.5 Å². The molecule has 1 N–H and O–H groups in total. The van der Waals surface area contributed by atoms with Gasteiger partial charge in [0.05, 0.1) is 28.5 Å². The Morgan fingerprint density at radius 2 is 1.83 bits per heavy atom. The van der Waals surface area contributed by atoms with Gasteiger partial charge in [0.1, 0.15) is 35.2 Å². The lowest BCUT2D eigenvalue weighted by atomic mass is 9.86. The van der Waals surface area contributed by atoms with E-state index in [0.717, 1.165) is 38.6 Å². The number of fused-ring (bicyclic) bond motifs is 3. The largest absolute Gasteiger partial charge is 0.508 e. The number of benzene rings is 2. The standard InChI is InChI=1S/C36H37F4N5O3/c1-2-23-26(37)6-5-21-13-22(46)14-24(27(21)23)29-28(38)30-25(15-41-29)31(44-10-4-8-35(19-44)9-12-48-35)43-32(42-30)47-20-34-7-3-11-45(34)18-33(16-34)17-36(33,39)40/h5-6,13-15,46H,2-4,7-12,16-20H2,1H3/t33-,34-,35+/m0/s1. The minimum atomic E-state index is -2.66. The van der Waals surface area contributed by atoms with Crippen molar-refractivity contribution in [2.24, 2.45) is 5.41 Å². The van der Waals surface area contributed by atoms with E-state index in [4.69, 9.17) is 14.5 Å². The second kappa shape index (κ2) is 10.4. The Bertz CT molecular complexity index is 1990. The summed E-state index contributed by atoms with van der Waals surface area (Å²) in [6.45, 7) is 4.98. The third kappa shape index (κ3) is 4.43. The van der Waals surface area contributed by atoms with Gasteiger partial charge in [-0.3, -0.25) is 9.88 Å². The molecule has 0 bridgehead atoms. The number of nitrogens with zero attached hydrogens (tertiary/aromatic N) is 5. The molecule has 1 aliphatic carbocycles. The number of phenols is 1. The summed E-state index contributed by atoms with van der Waals surface area (Å²) in [6, 6.07) is 5.79. The summed E-state index contributed by atoms with van der Waals surface area (Å²) in [6.07, 6.45) is 6.49. The van der Waals surface area contributed by atoms with Gasteiger partial charge in [0.25, 0.3) is 5.92 Å². The highest BCUT2D eigenvalue weighted by atomic mass is 19.3. The normalized spacial score (nSPS) is 29.2. The summed E-state index contributed by atoms with van der Waals surface area (Å²) in [5.41, 5.74) is -1.26. The molecule has 1 saturated carbocycles. The summed E-state index contributed by atoms with van der Waals surface area (Å²) in [7, 11) is 0. The van der Waals surface area contributed by atoms with Crippen LogP contribution in [0.15, 0.2) is 30.5 Å². The summed E-state index contributed by atoms with van der Waals surface area (Å²) in [5, 5.41) is 12.0. The van der Waals surface area contributed by atoms with Gasteiger partial charge in [-0.15, -0.1) is 0 Å². The van der Waals surface area contributed by atoms with Crippen LogP contribution < -0.4 is 9.64 Å². The number of hydrogen-bond acceptors (Lipinski definition) is 8. The highest BCUT2D eigenvalue weighted by molar-refractivity contribution is 6.01. The van der Waals surface area contributed by atoms with E-state index in [1.807, 2.05) is 6.92 Å². The van der Waals surface area contributed by atoms with Crippen LogP contribution in [0.4, 0.5) is 23.4 Å². The van der Waals surface area contributed by atoms with Crippen molar-refractivity contribution in [3.8, 4) is 23.0 Å². The zero-order valence-electron chi connectivity index (χ0n) is 26.8. The Kier molecular flexibility index (Phi) is 6.55. The van der Waals surface area contributed by atoms with E-state index in [1.54, 1.807) is 6.07 Å². The van der Waals surface area contributed by atoms with Crippen molar-refractivity contribution in [1.82, 2.24) is 19.9 Å². The molecule has 0 unspecified atom stereocenters. The molecule has 0 radical (unpaired) electrons. The molecule has 12 heteroatoms. The lowest BCUT2D eigenvalue weighted by Crippen LogP contribution is -2.56. The molecule has 5 aliphatic rings. The van der Waals surface area contributed by atoms with Gasteiger partial charge in [0.2, 0.25) is 0 Å². The molecule has 9 rings (SSSR count). The maximum atomic E-state index is 16.9. The van der Waals surface area contributed by atoms with Gasteiger partial charge in [-0.1, -0.05) is 13.0 Å². The van der Waals surface area contributed by atoms with Crippen molar-refractivity contribution in [2.45, 2.75) is 75.4 Å². The lowest BCUT2D eigenvalue weighted by Gasteiger charge is -2.48. The van der Waals surface area contributed by atoms with Crippen LogP contribution in [0, 0.1) is 17.0 Å². The van der Waals surface area contributed by atoms with Crippen molar-refractivity contribution in [3.63, 3.8) is 0 Å². The van der Waals surface area contributed by atoms with Crippen LogP contribution in [0.5, 0.6) is 11.8 Å². The fraction of sp³-hybridized carbons (Fsp3) is 0.528. The van der Waals surface area contributed by atoms with Crippen LogP contribution >= 0.6 is 0 Å². The van der Waals surface area contributed by atoms with Crippen LogP contribution in [0.3, 0.4) is 0 Å². The topological polar surface area (TPSA) is 83.8 Å². The molecule has 4 aromatic rings. The number of hydrogen-bond donors (Lipinski definition) is 1. The predicted molar refractivity (Wildman–Crippen MR) is 172 cm³/mol. The molecule has 8 nitrogen and oxygen atoms in total. The number of alkyl halides is 2. The van der Waals surface area contributed by atoms with E-state index >= 15 is 8.78 Å². The molecule has 2 spiro atoms. The first kappa shape index (κ1) is 30.3. The van der Waals surface area contributed by atoms with Gasteiger partial charge in [0.15, 0.2) is 5.82 Å². The quantitative estimate of drug-likeness (QED) is 0.226. The molecular formula is C36H37F4N5O3. The maximum Gasteiger partial charge on any atom is 0.319 e. The number of rotatable bonds is 6. The molecule has 4 aliphatic heterocycles. The summed E-state index contributed by atoms with van der Waals surface area (Å²) >= 11 is 0. The minimum absolute atomic E-state index is 0.0162. The van der Waals surface area contributed by atoms with Crippen LogP contribution in [0.1, 0.15) is 57.4 Å². The first-order valence-corrected chi connectivity index (χ1v) is 17.0. The van der Waals surface area contributed by atoms with Crippen molar-refractivity contribution in [3.05, 3.63) is 47.7 Å². The summed E-state index contributed by atoms with van der Waals surface area (Å²) in [5.74, 6) is -3.46. The zero-order valence-corrected chi connectivity index (χ0v) is 26.8. The second-order valence-corrected chi connectivity index (χ2v) is 14.7. The SMILES string of the molecule is CCc1c(F)ccc2cc(O)cc(-c3ncc4c(N5CCC[C@@]6(CCO6)C5)nc(OC[C@@]56CCCN5C[C@@]5(CC5(F)F)C6)nc4c3F)c12. The van der Waals surface area contributed by atoms with Crippen molar-refractivity contribution >= 4 is 27.5 Å². The number of anilines is 1. The fourth-order valence-corrected chi connectivity index (χ4v) is 9.19. The van der Waals surface area contributed by atoms with E-state index in [9.17, 15) is 13.9 Å². The van der Waals surface area contributed by atoms with Gasteiger partial charge in [-0.2, -0.15) is 9.97 Å². The maximum absolute atomic E-state index is 16.9. The van der Waals surface area contributed by atoms with Gasteiger partial charge >= 0.3 is 6.01 Å². The first-order valence-electron chi connectivity index (χ1n) is 17.0. The van der Waals surface area contributed by atoms with E-state index in [1.165, 1.54) is 24.4 Å². The molecule has 4 saturated heterocycles. The molecule has 2 aromatic heterocycles. The van der Waals surface area contributed by atoms with Gasteiger partial charge in [0, 0.05) is 44.2 Å². The van der Waals surface area contributed by atoms with E-state index in [-0.39, 0.29) is 47.2 Å². The van der Waals surface area contributed by atoms with Crippen LogP contribution in [0.25, 0.3) is 32.9 Å². The Balaban J connectivity index is 1.16. The smallest absolute Gasteiger partial charge is 0.319 e. The summed E-state index contributed by atoms with van der Waals surface area (Å²) < 4.78 is 73.2. The van der Waals surface area contributed by atoms with Crippen LogP contribution in [0.2, 0.25) is 0 Å². The molecule has 5 fully saturated rings. The monoisotopic (exact) mass is 663 g/mol. The fourth-order valence-electron chi connectivity index (χ4n) is 9.19. The number of piperidine rings is 1. The number of aromatic nitrogens is 3. The lowest BCUT2D eigenvalue weighted by molar-refractivity contribution is -0.151. The Labute approximate surface area is 275 Å². The van der Waals surface area contributed by atoms with Crippen LogP contribution in [-0.2, 0) is 11.2 Å². The van der Waals surface area contributed by atoms with Gasteiger partial charge in [-0.05, 0) is 79.6 Å². The predicted octanol–water partition coefficient (Wildman–Crippen LogP) is 6.79. The molecular weight excluding hydrogens is 626 g/mol. The number of ether oxygens (including phenoxy) is 2. The van der Waals surface area contributed by atoms with Gasteiger partial charge in [-0.25, -0.2) is 17.6 Å².